The van der Waals surface area contributed by atoms with Crippen molar-refractivity contribution in [2.75, 3.05) is 26.2 Å². The van der Waals surface area contributed by atoms with Crippen LogP contribution >= 0.6 is 0 Å². The van der Waals surface area contributed by atoms with Crippen LogP contribution in [0.15, 0.2) is 41.4 Å². The predicted molar refractivity (Wildman–Crippen MR) is 130 cm³/mol. The Kier molecular flexibility index (Phi) is 7.42. The van der Waals surface area contributed by atoms with Gasteiger partial charge in [0.2, 0.25) is 15.9 Å². The Bertz CT molecular complexity index is 1120. The van der Waals surface area contributed by atoms with Gasteiger partial charge in [0.25, 0.3) is 5.91 Å². The molecule has 2 aliphatic rings. The van der Waals surface area contributed by atoms with E-state index in [1.165, 1.54) is 16.6 Å². The zero-order valence-electron chi connectivity index (χ0n) is 19.9. The summed E-state index contributed by atoms with van der Waals surface area (Å²) in [7, 11) is -3.80. The molecule has 0 aliphatic carbocycles. The summed E-state index contributed by atoms with van der Waals surface area (Å²) < 4.78 is 27.9. The standard InChI is InChI=1S/C25H34N4O4S/c1-18-5-7-20(8-6-18)15-27-24(30)21-4-3-11-29(17-21)34(32,33)22-14-23(26-16-22)25(31)28-12-9-19(2)10-13-28/h5-8,14,16,19,21,26H,3-4,9-13,15,17H2,1-2H3,(H,27,30)/t21-/m0/s1. The van der Waals surface area contributed by atoms with Gasteiger partial charge in [-0.2, -0.15) is 4.31 Å². The zero-order chi connectivity index (χ0) is 24.3. The van der Waals surface area contributed by atoms with Crippen LogP contribution in [0.25, 0.3) is 0 Å². The van der Waals surface area contributed by atoms with E-state index in [2.05, 4.69) is 17.2 Å². The molecule has 2 N–H and O–H groups in total. The van der Waals surface area contributed by atoms with E-state index in [0.717, 1.165) is 24.0 Å². The first kappa shape index (κ1) is 24.5. The molecule has 0 spiro atoms. The second-order valence-electron chi connectivity index (χ2n) is 9.63. The van der Waals surface area contributed by atoms with Crippen molar-refractivity contribution in [3.8, 4) is 0 Å². The highest BCUT2D eigenvalue weighted by atomic mass is 32.2. The number of rotatable bonds is 6. The van der Waals surface area contributed by atoms with Crippen LogP contribution in [0.5, 0.6) is 0 Å². The van der Waals surface area contributed by atoms with Crippen molar-refractivity contribution in [1.29, 1.82) is 0 Å². The number of carbonyl (C=O) groups is 2. The van der Waals surface area contributed by atoms with Crippen molar-refractivity contribution in [2.24, 2.45) is 11.8 Å². The molecule has 0 bridgehead atoms. The highest BCUT2D eigenvalue weighted by Gasteiger charge is 2.34. The molecule has 2 amide bonds. The first-order chi connectivity index (χ1) is 16.2. The highest BCUT2D eigenvalue weighted by molar-refractivity contribution is 7.89. The topological polar surface area (TPSA) is 103 Å². The van der Waals surface area contributed by atoms with E-state index >= 15 is 0 Å². The van der Waals surface area contributed by atoms with Gasteiger partial charge in [-0.15, -0.1) is 0 Å². The molecule has 0 radical (unpaired) electrons. The lowest BCUT2D eigenvalue weighted by molar-refractivity contribution is -0.126. The van der Waals surface area contributed by atoms with E-state index in [1.54, 1.807) is 4.90 Å². The average Bonchev–Trinajstić information content (AvgIpc) is 3.35. The largest absolute Gasteiger partial charge is 0.356 e. The number of aromatic nitrogens is 1. The number of carbonyl (C=O) groups excluding carboxylic acids is 2. The molecule has 1 aromatic heterocycles. The van der Waals surface area contributed by atoms with Crippen molar-refractivity contribution < 1.29 is 18.0 Å². The molecule has 3 heterocycles. The van der Waals surface area contributed by atoms with Crippen LogP contribution in [-0.2, 0) is 21.4 Å². The van der Waals surface area contributed by atoms with Crippen molar-refractivity contribution >= 4 is 21.8 Å². The van der Waals surface area contributed by atoms with Gasteiger partial charge < -0.3 is 15.2 Å². The average molecular weight is 487 g/mol. The van der Waals surface area contributed by atoms with Gasteiger partial charge in [-0.25, -0.2) is 8.42 Å². The number of aromatic amines is 1. The van der Waals surface area contributed by atoms with E-state index in [0.29, 0.717) is 44.9 Å². The van der Waals surface area contributed by atoms with Gasteiger partial charge in [0, 0.05) is 38.9 Å². The van der Waals surface area contributed by atoms with Gasteiger partial charge in [0.05, 0.1) is 5.92 Å². The van der Waals surface area contributed by atoms with Crippen molar-refractivity contribution in [1.82, 2.24) is 19.5 Å². The molecule has 2 aliphatic heterocycles. The first-order valence-corrected chi connectivity index (χ1v) is 13.5. The Labute approximate surface area is 201 Å². The third-order valence-electron chi connectivity index (χ3n) is 6.94. The Morgan fingerprint density at radius 3 is 2.50 bits per heavy atom. The monoisotopic (exact) mass is 486 g/mol. The van der Waals surface area contributed by atoms with Gasteiger partial charge in [0.1, 0.15) is 10.6 Å². The molecule has 1 atom stereocenters. The summed E-state index contributed by atoms with van der Waals surface area (Å²) in [5.74, 6) is -0.0979. The van der Waals surface area contributed by atoms with Crippen LogP contribution < -0.4 is 5.32 Å². The summed E-state index contributed by atoms with van der Waals surface area (Å²) in [5.41, 5.74) is 2.45. The van der Waals surface area contributed by atoms with Crippen molar-refractivity contribution in [3.05, 3.63) is 53.3 Å². The number of hydrogen-bond donors (Lipinski definition) is 2. The van der Waals surface area contributed by atoms with E-state index in [-0.39, 0.29) is 28.9 Å². The molecule has 34 heavy (non-hydrogen) atoms. The lowest BCUT2D eigenvalue weighted by atomic mass is 9.98. The molecule has 8 nitrogen and oxygen atoms in total. The summed E-state index contributed by atoms with van der Waals surface area (Å²) in [5, 5.41) is 2.94. The normalized spacial score (nSPS) is 20.3. The lowest BCUT2D eigenvalue weighted by Crippen LogP contribution is -2.45. The number of hydrogen-bond acceptors (Lipinski definition) is 4. The Morgan fingerprint density at radius 1 is 1.09 bits per heavy atom. The molecule has 9 heteroatoms. The summed E-state index contributed by atoms with van der Waals surface area (Å²) in [6, 6.07) is 9.37. The molecule has 2 aromatic rings. The number of H-pyrrole nitrogens is 1. The fourth-order valence-corrected chi connectivity index (χ4v) is 6.11. The maximum atomic E-state index is 13.3. The molecule has 0 unspecified atom stereocenters. The maximum Gasteiger partial charge on any atom is 0.270 e. The Hall–Kier alpha value is -2.65. The highest BCUT2D eigenvalue weighted by Crippen LogP contribution is 2.25. The third-order valence-corrected chi connectivity index (χ3v) is 8.78. The van der Waals surface area contributed by atoms with Crippen LogP contribution in [-0.4, -0.2) is 60.6 Å². The number of sulfonamides is 1. The minimum atomic E-state index is -3.80. The predicted octanol–water partition coefficient (Wildman–Crippen LogP) is 2.91. The first-order valence-electron chi connectivity index (χ1n) is 12.0. The quantitative estimate of drug-likeness (QED) is 0.655. The number of likely N-dealkylation sites (tertiary alicyclic amines) is 1. The minimum Gasteiger partial charge on any atom is -0.356 e. The maximum absolute atomic E-state index is 13.3. The molecule has 0 saturated carbocycles. The molecule has 4 rings (SSSR count). The molecular weight excluding hydrogens is 452 g/mol. The number of aryl methyl sites for hydroxylation is 1. The summed E-state index contributed by atoms with van der Waals surface area (Å²) >= 11 is 0. The van der Waals surface area contributed by atoms with Crippen LogP contribution in [0.4, 0.5) is 0 Å². The molecule has 1 aromatic carbocycles. The van der Waals surface area contributed by atoms with E-state index in [4.69, 9.17) is 0 Å². The Balaban J connectivity index is 1.38. The molecular formula is C25H34N4O4S. The fourth-order valence-electron chi connectivity index (χ4n) is 4.59. The molecule has 2 saturated heterocycles. The van der Waals surface area contributed by atoms with Gasteiger partial charge in [-0.3, -0.25) is 9.59 Å². The van der Waals surface area contributed by atoms with Gasteiger partial charge in [0.15, 0.2) is 0 Å². The van der Waals surface area contributed by atoms with Gasteiger partial charge in [-0.1, -0.05) is 36.8 Å². The fraction of sp³-hybridized carbons (Fsp3) is 0.520. The number of nitrogens with one attached hydrogen (secondary N) is 2. The molecule has 2 fully saturated rings. The van der Waals surface area contributed by atoms with E-state index < -0.39 is 15.9 Å². The lowest BCUT2D eigenvalue weighted by Gasteiger charge is -2.31. The second-order valence-corrected chi connectivity index (χ2v) is 11.6. The number of benzene rings is 1. The van der Waals surface area contributed by atoms with Crippen LogP contribution in [0, 0.1) is 18.8 Å². The third kappa shape index (κ3) is 5.52. The SMILES string of the molecule is Cc1ccc(CNC(=O)[C@H]2CCCN(S(=O)(=O)c3c[nH]c(C(=O)N4CCC(C)CC4)c3)C2)cc1. The number of amides is 2. The molecule has 184 valence electrons. The van der Waals surface area contributed by atoms with E-state index in [1.807, 2.05) is 31.2 Å². The van der Waals surface area contributed by atoms with Crippen molar-refractivity contribution in [2.45, 2.75) is 51.0 Å². The van der Waals surface area contributed by atoms with Crippen LogP contribution in [0.3, 0.4) is 0 Å². The number of nitrogens with zero attached hydrogens (tertiary/aromatic N) is 2. The number of piperidine rings is 2. The van der Waals surface area contributed by atoms with Crippen LogP contribution in [0.1, 0.15) is 54.2 Å². The smallest absolute Gasteiger partial charge is 0.270 e. The van der Waals surface area contributed by atoms with Crippen LogP contribution in [0.2, 0.25) is 0 Å². The second kappa shape index (κ2) is 10.3. The zero-order valence-corrected chi connectivity index (χ0v) is 20.7. The summed E-state index contributed by atoms with van der Waals surface area (Å²) in [6.07, 6.45) is 4.56. The Morgan fingerprint density at radius 2 is 1.79 bits per heavy atom. The van der Waals surface area contributed by atoms with Gasteiger partial charge >= 0.3 is 0 Å². The summed E-state index contributed by atoms with van der Waals surface area (Å²) in [6.45, 7) is 6.48. The van der Waals surface area contributed by atoms with E-state index in [9.17, 15) is 18.0 Å². The summed E-state index contributed by atoms with van der Waals surface area (Å²) in [4.78, 5) is 30.3. The van der Waals surface area contributed by atoms with Crippen molar-refractivity contribution in [3.63, 3.8) is 0 Å². The van der Waals surface area contributed by atoms with Gasteiger partial charge in [-0.05, 0) is 50.2 Å². The minimum absolute atomic E-state index is 0.0712.